The zero-order chi connectivity index (χ0) is 13.1. The summed E-state index contributed by atoms with van der Waals surface area (Å²) >= 11 is 2.28. The minimum Gasteiger partial charge on any atom is -0.504 e. The van der Waals surface area contributed by atoms with E-state index in [0.29, 0.717) is 6.54 Å². The van der Waals surface area contributed by atoms with Crippen molar-refractivity contribution in [2.24, 2.45) is 0 Å². The van der Waals surface area contributed by atoms with Crippen LogP contribution in [0.1, 0.15) is 11.1 Å². The fourth-order valence-corrected chi connectivity index (χ4v) is 2.35. The zero-order valence-electron chi connectivity index (χ0n) is 9.94. The molecule has 2 rings (SSSR count). The number of hydrogen-bond acceptors (Lipinski definition) is 3. The molecule has 2 aromatic carbocycles. The van der Waals surface area contributed by atoms with Crippen molar-refractivity contribution in [3.05, 3.63) is 51.1 Å². The highest BCUT2D eigenvalue weighted by Gasteiger charge is 2.02. The van der Waals surface area contributed by atoms with E-state index in [0.717, 1.165) is 11.3 Å². The van der Waals surface area contributed by atoms with Gasteiger partial charge in [-0.2, -0.15) is 0 Å². The maximum atomic E-state index is 9.41. The molecule has 0 saturated heterocycles. The first-order valence-electron chi connectivity index (χ1n) is 5.57. The van der Waals surface area contributed by atoms with Crippen molar-refractivity contribution in [1.82, 2.24) is 0 Å². The number of benzene rings is 2. The molecule has 0 amide bonds. The third-order valence-electron chi connectivity index (χ3n) is 2.71. The summed E-state index contributed by atoms with van der Waals surface area (Å²) < 4.78 is 1.21. The van der Waals surface area contributed by atoms with Crippen molar-refractivity contribution in [2.75, 3.05) is 5.32 Å². The first kappa shape index (κ1) is 13.0. The predicted octanol–water partition coefficient (Wildman–Crippen LogP) is 3.62. The Hall–Kier alpha value is -1.43. The lowest BCUT2D eigenvalue weighted by Gasteiger charge is -2.10. The first-order chi connectivity index (χ1) is 8.56. The Morgan fingerprint density at radius 3 is 2.50 bits per heavy atom. The molecule has 94 valence electrons. The maximum Gasteiger partial charge on any atom is 0.157 e. The number of rotatable bonds is 3. The third kappa shape index (κ3) is 3.07. The van der Waals surface area contributed by atoms with Crippen LogP contribution in [0, 0.1) is 10.5 Å². The lowest BCUT2D eigenvalue weighted by molar-refractivity contribution is 0.403. The first-order valence-corrected chi connectivity index (χ1v) is 6.65. The standard InChI is InChI=1S/C14H14INO2/c1-9-6-11(15)3-4-12(9)16-8-10-2-5-13(17)14(18)7-10/h2-7,16-18H,8H2,1H3. The smallest absolute Gasteiger partial charge is 0.157 e. The quantitative estimate of drug-likeness (QED) is 0.582. The van der Waals surface area contributed by atoms with Crippen LogP contribution in [-0.4, -0.2) is 10.2 Å². The minimum absolute atomic E-state index is 0.0892. The van der Waals surface area contributed by atoms with Gasteiger partial charge in [0.05, 0.1) is 0 Å². The van der Waals surface area contributed by atoms with Crippen LogP contribution in [0.2, 0.25) is 0 Å². The largest absolute Gasteiger partial charge is 0.504 e. The van der Waals surface area contributed by atoms with Gasteiger partial charge in [0.25, 0.3) is 0 Å². The summed E-state index contributed by atoms with van der Waals surface area (Å²) in [4.78, 5) is 0. The summed E-state index contributed by atoms with van der Waals surface area (Å²) in [5, 5.41) is 21.9. The van der Waals surface area contributed by atoms with Gasteiger partial charge in [-0.05, 0) is 71.0 Å². The van der Waals surface area contributed by atoms with E-state index in [9.17, 15) is 10.2 Å². The Kier molecular flexibility index (Phi) is 3.96. The molecule has 18 heavy (non-hydrogen) atoms. The van der Waals surface area contributed by atoms with Crippen LogP contribution < -0.4 is 5.32 Å². The third-order valence-corrected chi connectivity index (χ3v) is 3.38. The summed E-state index contributed by atoms with van der Waals surface area (Å²) in [7, 11) is 0. The van der Waals surface area contributed by atoms with Crippen LogP contribution in [0.5, 0.6) is 11.5 Å². The molecule has 2 aromatic rings. The molecule has 0 aromatic heterocycles. The number of phenols is 2. The molecule has 0 aliphatic carbocycles. The van der Waals surface area contributed by atoms with Crippen molar-refractivity contribution in [3.8, 4) is 11.5 Å². The lowest BCUT2D eigenvalue weighted by Crippen LogP contribution is -2.01. The van der Waals surface area contributed by atoms with E-state index in [-0.39, 0.29) is 11.5 Å². The maximum absolute atomic E-state index is 9.41. The molecule has 0 saturated carbocycles. The highest BCUT2D eigenvalue weighted by Crippen LogP contribution is 2.25. The fourth-order valence-electron chi connectivity index (χ4n) is 1.70. The van der Waals surface area contributed by atoms with E-state index in [4.69, 9.17) is 0 Å². The topological polar surface area (TPSA) is 52.5 Å². The summed E-state index contributed by atoms with van der Waals surface area (Å²) in [5.74, 6) is -0.183. The van der Waals surface area contributed by atoms with Gasteiger partial charge in [0.1, 0.15) is 0 Å². The molecule has 3 N–H and O–H groups in total. The molecule has 3 nitrogen and oxygen atoms in total. The van der Waals surface area contributed by atoms with E-state index < -0.39 is 0 Å². The van der Waals surface area contributed by atoms with Crippen LogP contribution in [0.4, 0.5) is 5.69 Å². The van der Waals surface area contributed by atoms with E-state index in [1.807, 2.05) is 12.1 Å². The Bertz CT molecular complexity index is 570. The number of hydrogen-bond donors (Lipinski definition) is 3. The number of nitrogens with one attached hydrogen (secondary N) is 1. The summed E-state index contributed by atoms with van der Waals surface area (Å²) in [6.45, 7) is 2.66. The average molecular weight is 355 g/mol. The normalized spacial score (nSPS) is 10.3. The van der Waals surface area contributed by atoms with Gasteiger partial charge in [-0.1, -0.05) is 6.07 Å². The zero-order valence-corrected chi connectivity index (χ0v) is 12.1. The van der Waals surface area contributed by atoms with E-state index in [1.54, 1.807) is 12.1 Å². The van der Waals surface area contributed by atoms with Crippen LogP contribution in [0.25, 0.3) is 0 Å². The van der Waals surface area contributed by atoms with E-state index >= 15 is 0 Å². The Morgan fingerprint density at radius 2 is 1.83 bits per heavy atom. The molecule has 0 heterocycles. The Morgan fingerprint density at radius 1 is 1.06 bits per heavy atom. The molecular formula is C14H14INO2. The minimum atomic E-state index is -0.0933. The van der Waals surface area contributed by atoms with Gasteiger partial charge in [-0.3, -0.25) is 0 Å². The number of halogens is 1. The summed E-state index contributed by atoms with van der Waals surface area (Å²) in [6, 6.07) is 11.0. The number of phenolic OH excluding ortho intramolecular Hbond substituents is 2. The van der Waals surface area contributed by atoms with Crippen LogP contribution >= 0.6 is 22.6 Å². The van der Waals surface area contributed by atoms with Crippen molar-refractivity contribution < 1.29 is 10.2 Å². The fraction of sp³-hybridized carbons (Fsp3) is 0.143. The molecule has 0 aliphatic heterocycles. The second-order valence-corrected chi connectivity index (χ2v) is 5.38. The van der Waals surface area contributed by atoms with Gasteiger partial charge in [0, 0.05) is 15.8 Å². The van der Waals surface area contributed by atoms with Gasteiger partial charge < -0.3 is 15.5 Å². The van der Waals surface area contributed by atoms with Gasteiger partial charge in [0.15, 0.2) is 11.5 Å². The van der Waals surface area contributed by atoms with Crippen LogP contribution in [0.3, 0.4) is 0 Å². The monoisotopic (exact) mass is 355 g/mol. The number of aromatic hydroxyl groups is 2. The Labute approximate surface area is 120 Å². The number of anilines is 1. The number of aryl methyl sites for hydroxylation is 1. The second kappa shape index (κ2) is 5.48. The molecule has 0 aliphatic rings. The molecule has 0 unspecified atom stereocenters. The van der Waals surface area contributed by atoms with Crippen molar-refractivity contribution >= 4 is 28.3 Å². The van der Waals surface area contributed by atoms with E-state index in [2.05, 4.69) is 40.9 Å². The Balaban J connectivity index is 2.09. The summed E-state index contributed by atoms with van der Waals surface area (Å²) in [6.07, 6.45) is 0. The highest BCUT2D eigenvalue weighted by atomic mass is 127. The van der Waals surface area contributed by atoms with Gasteiger partial charge in [-0.15, -0.1) is 0 Å². The average Bonchev–Trinajstić information content (AvgIpc) is 2.32. The van der Waals surface area contributed by atoms with Gasteiger partial charge >= 0.3 is 0 Å². The second-order valence-electron chi connectivity index (χ2n) is 4.14. The van der Waals surface area contributed by atoms with Crippen molar-refractivity contribution in [1.29, 1.82) is 0 Å². The molecule has 0 spiro atoms. The molecule has 0 bridgehead atoms. The SMILES string of the molecule is Cc1cc(I)ccc1NCc1ccc(O)c(O)c1. The lowest BCUT2D eigenvalue weighted by atomic mass is 10.1. The van der Waals surface area contributed by atoms with Crippen LogP contribution in [-0.2, 0) is 6.54 Å². The van der Waals surface area contributed by atoms with E-state index in [1.165, 1.54) is 15.2 Å². The highest BCUT2D eigenvalue weighted by molar-refractivity contribution is 14.1. The molecular weight excluding hydrogens is 341 g/mol. The molecule has 0 atom stereocenters. The summed E-state index contributed by atoms with van der Waals surface area (Å²) in [5.41, 5.74) is 3.18. The van der Waals surface area contributed by atoms with Crippen molar-refractivity contribution in [3.63, 3.8) is 0 Å². The molecule has 4 heteroatoms. The van der Waals surface area contributed by atoms with Crippen molar-refractivity contribution in [2.45, 2.75) is 13.5 Å². The molecule has 0 fully saturated rings. The molecule has 0 radical (unpaired) electrons. The van der Waals surface area contributed by atoms with Crippen LogP contribution in [0.15, 0.2) is 36.4 Å². The van der Waals surface area contributed by atoms with Gasteiger partial charge in [0.2, 0.25) is 0 Å². The predicted molar refractivity (Wildman–Crippen MR) is 81.0 cm³/mol. The van der Waals surface area contributed by atoms with Gasteiger partial charge in [-0.25, -0.2) is 0 Å².